The van der Waals surface area contributed by atoms with Gasteiger partial charge in [0, 0.05) is 23.5 Å². The minimum atomic E-state index is -0.273. The second-order valence-corrected chi connectivity index (χ2v) is 6.80. The van der Waals surface area contributed by atoms with Crippen LogP contribution in [-0.2, 0) is 4.79 Å². The maximum Gasteiger partial charge on any atom is 0.275 e. The molecule has 10 heteroatoms. The van der Waals surface area contributed by atoms with Gasteiger partial charge in [0.2, 0.25) is 11.7 Å². The average molecular weight is 404 g/mol. The molecule has 9 nitrogen and oxygen atoms in total. The van der Waals surface area contributed by atoms with E-state index in [4.69, 9.17) is 14.2 Å². The molecule has 0 fully saturated rings. The summed E-state index contributed by atoms with van der Waals surface area (Å²) in [5.74, 6) is 1.10. The molecule has 0 unspecified atom stereocenters. The average Bonchev–Trinajstić information content (AvgIpc) is 3.06. The Bertz CT molecular complexity index is 1050. The Morgan fingerprint density at radius 3 is 2.39 bits per heavy atom. The molecular weight excluding hydrogens is 384 g/mol. The third kappa shape index (κ3) is 4.06. The Labute approximate surface area is 164 Å². The molecule has 2 aromatic heterocycles. The molecule has 148 valence electrons. The Morgan fingerprint density at radius 2 is 1.79 bits per heavy atom. The van der Waals surface area contributed by atoms with Gasteiger partial charge in [-0.1, -0.05) is 11.8 Å². The maximum atomic E-state index is 12.3. The number of methoxy groups -OCH3 is 3. The lowest BCUT2D eigenvalue weighted by Crippen LogP contribution is -2.15. The van der Waals surface area contributed by atoms with E-state index in [2.05, 4.69) is 20.3 Å². The number of ether oxygens (including phenoxy) is 3. The number of anilines is 1. The highest BCUT2D eigenvalue weighted by molar-refractivity contribution is 7.99. The van der Waals surface area contributed by atoms with Gasteiger partial charge < -0.3 is 24.5 Å². The van der Waals surface area contributed by atoms with Crippen molar-refractivity contribution in [2.75, 3.05) is 32.4 Å². The normalized spacial score (nSPS) is 10.7. The largest absolute Gasteiger partial charge is 0.493 e. The molecule has 3 aromatic rings. The fourth-order valence-corrected chi connectivity index (χ4v) is 3.35. The third-order valence-electron chi connectivity index (χ3n) is 3.89. The topological polar surface area (TPSA) is 118 Å². The van der Waals surface area contributed by atoms with E-state index in [-0.39, 0.29) is 17.2 Å². The van der Waals surface area contributed by atoms with Crippen LogP contribution >= 0.6 is 11.8 Å². The number of H-pyrrole nitrogens is 2. The van der Waals surface area contributed by atoms with E-state index in [9.17, 15) is 9.59 Å². The summed E-state index contributed by atoms with van der Waals surface area (Å²) in [6.45, 7) is 1.85. The Kier molecular flexibility index (Phi) is 5.78. The van der Waals surface area contributed by atoms with E-state index in [1.54, 1.807) is 18.2 Å². The molecule has 0 aliphatic rings. The summed E-state index contributed by atoms with van der Waals surface area (Å²) in [4.78, 5) is 34.4. The van der Waals surface area contributed by atoms with Gasteiger partial charge in [0.05, 0.1) is 32.6 Å². The summed E-state index contributed by atoms with van der Waals surface area (Å²) >= 11 is 1.13. The summed E-state index contributed by atoms with van der Waals surface area (Å²) in [6, 6.07) is 5.06. The summed E-state index contributed by atoms with van der Waals surface area (Å²) in [5.41, 5.74) is 2.05. The second kappa shape index (κ2) is 8.26. The fourth-order valence-electron chi connectivity index (χ4n) is 2.69. The number of hydrogen-bond donors (Lipinski definition) is 3. The monoisotopic (exact) mass is 404 g/mol. The molecule has 1 aromatic carbocycles. The highest BCUT2D eigenvalue weighted by atomic mass is 32.2. The molecule has 28 heavy (non-hydrogen) atoms. The Morgan fingerprint density at radius 1 is 1.11 bits per heavy atom. The van der Waals surface area contributed by atoms with Gasteiger partial charge >= 0.3 is 0 Å². The number of nitrogens with one attached hydrogen (secondary N) is 3. The minimum Gasteiger partial charge on any atom is -0.493 e. The first-order chi connectivity index (χ1) is 13.4. The number of rotatable bonds is 7. The van der Waals surface area contributed by atoms with E-state index in [0.29, 0.717) is 39.1 Å². The zero-order valence-electron chi connectivity index (χ0n) is 15.8. The number of hydrogen-bond acceptors (Lipinski definition) is 7. The van der Waals surface area contributed by atoms with Crippen LogP contribution in [0.15, 0.2) is 28.2 Å². The van der Waals surface area contributed by atoms with Gasteiger partial charge in [-0.15, -0.1) is 0 Å². The van der Waals surface area contributed by atoms with Crippen molar-refractivity contribution in [2.24, 2.45) is 0 Å². The molecule has 0 radical (unpaired) electrons. The number of amides is 1. The first kappa shape index (κ1) is 19.6. The van der Waals surface area contributed by atoms with Crippen LogP contribution in [0.2, 0.25) is 0 Å². The van der Waals surface area contributed by atoms with Crippen LogP contribution in [0.25, 0.3) is 11.0 Å². The van der Waals surface area contributed by atoms with E-state index in [1.165, 1.54) is 21.3 Å². The lowest BCUT2D eigenvalue weighted by Gasteiger charge is -2.14. The van der Waals surface area contributed by atoms with Gasteiger partial charge in [0.25, 0.3) is 5.56 Å². The van der Waals surface area contributed by atoms with Crippen LogP contribution in [0.4, 0.5) is 5.69 Å². The Balaban J connectivity index is 1.72. The molecule has 0 atom stereocenters. The lowest BCUT2D eigenvalue weighted by molar-refractivity contribution is -0.113. The number of aryl methyl sites for hydroxylation is 1. The van der Waals surface area contributed by atoms with Crippen molar-refractivity contribution in [3.05, 3.63) is 34.2 Å². The molecule has 3 rings (SSSR count). The zero-order valence-corrected chi connectivity index (χ0v) is 16.7. The van der Waals surface area contributed by atoms with Crippen LogP contribution in [0.1, 0.15) is 5.69 Å². The number of aromatic amines is 2. The number of aromatic nitrogens is 3. The summed E-state index contributed by atoms with van der Waals surface area (Å²) in [5, 5.41) is 3.14. The molecule has 0 saturated heterocycles. The highest BCUT2D eigenvalue weighted by Gasteiger charge is 2.15. The molecule has 0 aliphatic carbocycles. The van der Waals surface area contributed by atoms with Crippen LogP contribution in [0.5, 0.6) is 17.2 Å². The first-order valence-corrected chi connectivity index (χ1v) is 9.26. The predicted octanol–water partition coefficient (Wildman–Crippen LogP) is 2.32. The van der Waals surface area contributed by atoms with Crippen molar-refractivity contribution in [1.82, 2.24) is 15.0 Å². The lowest BCUT2D eigenvalue weighted by atomic mass is 10.2. The number of nitrogens with zero attached hydrogens (tertiary/aromatic N) is 1. The summed E-state index contributed by atoms with van der Waals surface area (Å²) in [6.07, 6.45) is 0. The Hall–Kier alpha value is -3.14. The zero-order chi connectivity index (χ0) is 20.3. The van der Waals surface area contributed by atoms with E-state index in [0.717, 1.165) is 17.5 Å². The predicted molar refractivity (Wildman–Crippen MR) is 107 cm³/mol. The molecule has 0 aliphatic heterocycles. The van der Waals surface area contributed by atoms with E-state index in [1.807, 2.05) is 6.92 Å². The number of carbonyl (C=O) groups excluding carboxylic acids is 1. The van der Waals surface area contributed by atoms with Gasteiger partial charge in [-0.2, -0.15) is 0 Å². The number of carbonyl (C=O) groups is 1. The molecule has 1 amide bonds. The number of thioether (sulfide) groups is 1. The second-order valence-electron chi connectivity index (χ2n) is 5.83. The van der Waals surface area contributed by atoms with Crippen molar-refractivity contribution < 1.29 is 19.0 Å². The van der Waals surface area contributed by atoms with Gasteiger partial charge in [-0.25, -0.2) is 4.98 Å². The smallest absolute Gasteiger partial charge is 0.275 e. The van der Waals surface area contributed by atoms with Crippen LogP contribution < -0.4 is 25.1 Å². The van der Waals surface area contributed by atoms with E-state index >= 15 is 0 Å². The molecule has 2 heterocycles. The minimum absolute atomic E-state index is 0.0640. The third-order valence-corrected chi connectivity index (χ3v) is 4.76. The number of fused-ring (bicyclic) bond motifs is 1. The van der Waals surface area contributed by atoms with Crippen molar-refractivity contribution in [1.29, 1.82) is 0 Å². The first-order valence-electron chi connectivity index (χ1n) is 8.27. The molecule has 0 saturated carbocycles. The van der Waals surface area contributed by atoms with Crippen molar-refractivity contribution >= 4 is 34.4 Å². The quantitative estimate of drug-likeness (QED) is 0.408. The van der Waals surface area contributed by atoms with Crippen LogP contribution in [0.3, 0.4) is 0 Å². The van der Waals surface area contributed by atoms with Gasteiger partial charge in [0.15, 0.2) is 16.7 Å². The molecular formula is C18H20N4O5S. The molecule has 3 N–H and O–H groups in total. The fraction of sp³-hybridized carbons (Fsp3) is 0.278. The van der Waals surface area contributed by atoms with E-state index < -0.39 is 0 Å². The van der Waals surface area contributed by atoms with Crippen molar-refractivity contribution in [3.8, 4) is 17.2 Å². The van der Waals surface area contributed by atoms with Gasteiger partial charge in [0.1, 0.15) is 5.52 Å². The molecule has 0 spiro atoms. The highest BCUT2D eigenvalue weighted by Crippen LogP contribution is 2.39. The SMILES string of the molecule is COc1cc(NC(=O)CSc2nc3cc(C)[nH]c3c(=O)[nH]2)cc(OC)c1OC. The standard InChI is InChI=1S/C18H20N4O5S/c1-9-5-11-15(19-9)17(24)22-18(21-11)28-8-14(23)20-10-6-12(25-2)16(27-4)13(7-10)26-3/h5-7,19H,8H2,1-4H3,(H,20,23)(H,21,22,24). The van der Waals surface area contributed by atoms with Crippen LogP contribution in [0, 0.1) is 6.92 Å². The van der Waals surface area contributed by atoms with Crippen molar-refractivity contribution in [2.45, 2.75) is 12.1 Å². The summed E-state index contributed by atoms with van der Waals surface area (Å²) < 4.78 is 15.8. The number of benzene rings is 1. The van der Waals surface area contributed by atoms with Gasteiger partial charge in [-0.05, 0) is 13.0 Å². The summed E-state index contributed by atoms with van der Waals surface area (Å²) in [7, 11) is 4.51. The van der Waals surface area contributed by atoms with Crippen molar-refractivity contribution in [3.63, 3.8) is 0 Å². The molecule has 0 bridgehead atoms. The van der Waals surface area contributed by atoms with Crippen LogP contribution in [-0.4, -0.2) is 47.9 Å². The van der Waals surface area contributed by atoms with Gasteiger partial charge in [-0.3, -0.25) is 14.6 Å². The maximum absolute atomic E-state index is 12.3.